The molecular weight excluding hydrogens is 353 g/mol. The van der Waals surface area contributed by atoms with Crippen LogP contribution in [0.15, 0.2) is 24.3 Å². The van der Waals surface area contributed by atoms with E-state index in [4.69, 9.17) is 12.2 Å². The van der Waals surface area contributed by atoms with Gasteiger partial charge in [-0.05, 0) is 48.6 Å². The predicted octanol–water partition coefficient (Wildman–Crippen LogP) is 3.43. The topological polar surface area (TPSA) is 20.3 Å². The number of carbonyl (C=O) groups is 1. The van der Waals surface area contributed by atoms with Crippen molar-refractivity contribution in [2.45, 2.75) is 18.6 Å². The predicted molar refractivity (Wildman–Crippen MR) is 80.9 cm³/mol. The number of hydrogen-bond donors (Lipinski definition) is 0. The number of anilines is 1. The zero-order valence-corrected chi connectivity index (χ0v) is 12.6. The van der Waals surface area contributed by atoms with Gasteiger partial charge in [0, 0.05) is 3.57 Å². The van der Waals surface area contributed by atoms with Gasteiger partial charge in [0.2, 0.25) is 5.91 Å². The van der Waals surface area contributed by atoms with Crippen LogP contribution in [0.4, 0.5) is 5.69 Å². The molecule has 0 N–H and O–H groups in total. The van der Waals surface area contributed by atoms with Crippen LogP contribution in [0, 0.1) is 3.57 Å². The van der Waals surface area contributed by atoms with E-state index in [0.29, 0.717) is 4.32 Å². The van der Waals surface area contributed by atoms with Gasteiger partial charge in [-0.1, -0.05) is 36.1 Å². The molecule has 1 aromatic rings. The SMILES string of the molecule is CC1(C)SC(=S)N(c2ccccc2I)C1=O. The van der Waals surface area contributed by atoms with Gasteiger partial charge in [0.05, 0.1) is 10.4 Å². The molecule has 0 saturated carbocycles. The van der Waals surface area contributed by atoms with Gasteiger partial charge >= 0.3 is 0 Å². The van der Waals surface area contributed by atoms with E-state index in [2.05, 4.69) is 22.6 Å². The fourth-order valence-electron chi connectivity index (χ4n) is 1.50. The second-order valence-electron chi connectivity index (χ2n) is 3.97. The van der Waals surface area contributed by atoms with Crippen LogP contribution in [-0.4, -0.2) is 15.0 Å². The molecule has 1 aliphatic rings. The highest BCUT2D eigenvalue weighted by molar-refractivity contribution is 14.1. The summed E-state index contributed by atoms with van der Waals surface area (Å²) >= 11 is 8.94. The van der Waals surface area contributed by atoms with Crippen molar-refractivity contribution in [1.29, 1.82) is 0 Å². The van der Waals surface area contributed by atoms with Crippen molar-refractivity contribution in [3.8, 4) is 0 Å². The molecule has 5 heteroatoms. The molecular formula is C11H10INOS2. The first-order valence-corrected chi connectivity index (χ1v) is 7.06. The first-order valence-electron chi connectivity index (χ1n) is 4.75. The summed E-state index contributed by atoms with van der Waals surface area (Å²) < 4.78 is 1.23. The zero-order chi connectivity index (χ0) is 11.9. The molecule has 1 fully saturated rings. The normalized spacial score (nSPS) is 19.3. The van der Waals surface area contributed by atoms with Gasteiger partial charge in [-0.15, -0.1) is 0 Å². The Bertz CT molecular complexity index is 473. The monoisotopic (exact) mass is 363 g/mol. The number of para-hydroxylation sites is 1. The van der Waals surface area contributed by atoms with Crippen molar-refractivity contribution >= 4 is 62.5 Å². The maximum atomic E-state index is 12.2. The molecule has 1 amide bonds. The Morgan fingerprint density at radius 3 is 2.50 bits per heavy atom. The van der Waals surface area contributed by atoms with E-state index in [1.165, 1.54) is 11.8 Å². The second kappa shape index (κ2) is 4.27. The lowest BCUT2D eigenvalue weighted by atomic mass is 10.1. The summed E-state index contributed by atoms with van der Waals surface area (Å²) in [5.74, 6) is 0.0617. The molecule has 0 aliphatic carbocycles. The van der Waals surface area contributed by atoms with Crippen molar-refractivity contribution < 1.29 is 4.79 Å². The van der Waals surface area contributed by atoms with Crippen LogP contribution in [0.2, 0.25) is 0 Å². The van der Waals surface area contributed by atoms with Crippen LogP contribution in [0.5, 0.6) is 0 Å². The number of thiocarbonyl (C=S) groups is 1. The minimum Gasteiger partial charge on any atom is -0.272 e. The number of nitrogens with zero attached hydrogens (tertiary/aromatic N) is 1. The van der Waals surface area contributed by atoms with E-state index in [-0.39, 0.29) is 5.91 Å². The second-order valence-corrected chi connectivity index (χ2v) is 7.39. The molecule has 0 bridgehead atoms. The highest BCUT2D eigenvalue weighted by atomic mass is 127. The van der Waals surface area contributed by atoms with E-state index in [1.54, 1.807) is 4.90 Å². The van der Waals surface area contributed by atoms with Crippen LogP contribution in [-0.2, 0) is 4.79 Å². The number of hydrogen-bond acceptors (Lipinski definition) is 3. The van der Waals surface area contributed by atoms with E-state index in [9.17, 15) is 4.79 Å². The van der Waals surface area contributed by atoms with Crippen LogP contribution in [0.3, 0.4) is 0 Å². The van der Waals surface area contributed by atoms with Crippen LogP contribution < -0.4 is 4.90 Å². The van der Waals surface area contributed by atoms with E-state index >= 15 is 0 Å². The molecule has 1 aromatic carbocycles. The highest BCUT2D eigenvalue weighted by Crippen LogP contribution is 2.40. The van der Waals surface area contributed by atoms with Gasteiger partial charge in [-0.2, -0.15) is 0 Å². The third-order valence-electron chi connectivity index (χ3n) is 2.34. The first kappa shape index (κ1) is 12.3. The van der Waals surface area contributed by atoms with Crippen molar-refractivity contribution in [2.75, 3.05) is 4.90 Å². The minimum absolute atomic E-state index is 0.0617. The van der Waals surface area contributed by atoms with Crippen LogP contribution in [0.25, 0.3) is 0 Å². The molecule has 0 atom stereocenters. The fraction of sp³-hybridized carbons (Fsp3) is 0.273. The van der Waals surface area contributed by atoms with E-state index in [0.717, 1.165) is 9.26 Å². The standard InChI is InChI=1S/C11H10INOS2/c1-11(2)9(14)13(10(15)16-11)8-6-4-3-5-7(8)12/h3-6H,1-2H3. The Morgan fingerprint density at radius 1 is 1.38 bits per heavy atom. The summed E-state index contributed by atoms with van der Waals surface area (Å²) in [7, 11) is 0. The van der Waals surface area contributed by atoms with Gasteiger partial charge in [0.1, 0.15) is 4.32 Å². The Hall–Kier alpha value is -0.140. The summed E-state index contributed by atoms with van der Waals surface area (Å²) in [4.78, 5) is 13.8. The molecule has 1 saturated heterocycles. The van der Waals surface area contributed by atoms with Crippen LogP contribution in [0.1, 0.15) is 13.8 Å². The highest BCUT2D eigenvalue weighted by Gasteiger charge is 2.44. The van der Waals surface area contributed by atoms with Crippen molar-refractivity contribution in [3.63, 3.8) is 0 Å². The molecule has 1 heterocycles. The first-order chi connectivity index (χ1) is 7.43. The maximum absolute atomic E-state index is 12.2. The van der Waals surface area contributed by atoms with E-state index < -0.39 is 4.75 Å². The number of halogens is 1. The molecule has 0 spiro atoms. The Morgan fingerprint density at radius 2 is 2.00 bits per heavy atom. The average Bonchev–Trinajstić information content (AvgIpc) is 2.39. The maximum Gasteiger partial charge on any atom is 0.248 e. The van der Waals surface area contributed by atoms with E-state index in [1.807, 2.05) is 38.1 Å². The molecule has 84 valence electrons. The molecule has 0 aromatic heterocycles. The smallest absolute Gasteiger partial charge is 0.248 e. The summed E-state index contributed by atoms with van der Waals surface area (Å²) in [5.41, 5.74) is 0.885. The number of thioether (sulfide) groups is 1. The molecule has 0 unspecified atom stereocenters. The summed E-state index contributed by atoms with van der Waals surface area (Å²) in [5, 5.41) is 0. The summed E-state index contributed by atoms with van der Waals surface area (Å²) in [6.45, 7) is 3.81. The average molecular weight is 363 g/mol. The minimum atomic E-state index is -0.448. The summed E-state index contributed by atoms with van der Waals surface area (Å²) in [6, 6.07) is 7.77. The lowest BCUT2D eigenvalue weighted by Gasteiger charge is -2.18. The van der Waals surface area contributed by atoms with Crippen LogP contribution >= 0.6 is 46.6 Å². The Balaban J connectivity index is 2.47. The molecule has 2 rings (SSSR count). The number of amides is 1. The third-order valence-corrected chi connectivity index (χ3v) is 4.72. The molecule has 1 aliphatic heterocycles. The van der Waals surface area contributed by atoms with Gasteiger partial charge in [0.25, 0.3) is 0 Å². The van der Waals surface area contributed by atoms with Gasteiger partial charge in [-0.25, -0.2) is 0 Å². The number of rotatable bonds is 1. The van der Waals surface area contributed by atoms with Gasteiger partial charge in [-0.3, -0.25) is 9.69 Å². The zero-order valence-electron chi connectivity index (χ0n) is 8.86. The Kier molecular flexibility index (Phi) is 3.29. The lowest BCUT2D eigenvalue weighted by molar-refractivity contribution is -0.118. The van der Waals surface area contributed by atoms with Gasteiger partial charge < -0.3 is 0 Å². The number of benzene rings is 1. The molecule has 2 nitrogen and oxygen atoms in total. The van der Waals surface area contributed by atoms with Crippen molar-refractivity contribution in [3.05, 3.63) is 27.8 Å². The lowest BCUT2D eigenvalue weighted by Crippen LogP contribution is -2.36. The molecule has 16 heavy (non-hydrogen) atoms. The number of carbonyl (C=O) groups excluding carboxylic acids is 1. The third kappa shape index (κ3) is 2.00. The van der Waals surface area contributed by atoms with Gasteiger partial charge in [0.15, 0.2) is 0 Å². The quantitative estimate of drug-likeness (QED) is 0.563. The molecule has 0 radical (unpaired) electrons. The Labute approximate surface area is 118 Å². The largest absolute Gasteiger partial charge is 0.272 e. The van der Waals surface area contributed by atoms with Crippen molar-refractivity contribution in [2.24, 2.45) is 0 Å². The fourth-order valence-corrected chi connectivity index (χ4v) is 3.82. The summed E-state index contributed by atoms with van der Waals surface area (Å²) in [6.07, 6.45) is 0. The van der Waals surface area contributed by atoms with Crippen molar-refractivity contribution in [1.82, 2.24) is 0 Å².